The van der Waals surface area contributed by atoms with Gasteiger partial charge in [-0.2, -0.15) is 0 Å². The van der Waals surface area contributed by atoms with Crippen LogP contribution in [0.3, 0.4) is 0 Å². The Kier molecular flexibility index (Phi) is 4.18. The van der Waals surface area contributed by atoms with E-state index in [1.807, 2.05) is 0 Å². The summed E-state index contributed by atoms with van der Waals surface area (Å²) < 4.78 is 47.0. The number of hydrogen-bond donors (Lipinski definition) is 0. The van der Waals surface area contributed by atoms with Crippen molar-refractivity contribution in [1.82, 2.24) is 4.98 Å². The van der Waals surface area contributed by atoms with Gasteiger partial charge in [-0.25, -0.2) is 18.2 Å². The van der Waals surface area contributed by atoms with Gasteiger partial charge in [0.1, 0.15) is 22.8 Å². The van der Waals surface area contributed by atoms with Gasteiger partial charge in [0, 0.05) is 16.9 Å². The second kappa shape index (κ2) is 6.15. The molecule has 0 aliphatic carbocycles. The highest BCUT2D eigenvalue weighted by atomic mass is 19.2. The lowest BCUT2D eigenvalue weighted by Gasteiger charge is -2.15. The van der Waals surface area contributed by atoms with E-state index in [9.17, 15) is 13.2 Å². The Balaban J connectivity index is 2.10. The number of hydrogen-bond acceptors (Lipinski definition) is 2. The number of halogens is 3. The van der Waals surface area contributed by atoms with Crippen LogP contribution < -0.4 is 4.74 Å². The van der Waals surface area contributed by atoms with Gasteiger partial charge in [0.05, 0.1) is 5.69 Å². The maximum absolute atomic E-state index is 14.0. The molecule has 0 fully saturated rings. The van der Waals surface area contributed by atoms with Gasteiger partial charge in [0.25, 0.3) is 0 Å². The summed E-state index contributed by atoms with van der Waals surface area (Å²) in [5, 5.41) is 0.407. The van der Waals surface area contributed by atoms with E-state index in [1.165, 1.54) is 12.1 Å². The van der Waals surface area contributed by atoms with Crippen molar-refractivity contribution in [2.45, 2.75) is 20.8 Å². The molecule has 0 saturated heterocycles. The van der Waals surface area contributed by atoms with E-state index in [2.05, 4.69) is 4.98 Å². The average molecular weight is 330 g/mol. The van der Waals surface area contributed by atoms with Crippen LogP contribution in [0.25, 0.3) is 10.9 Å². The number of pyridine rings is 1. The van der Waals surface area contributed by atoms with Crippen LogP contribution in [-0.4, -0.2) is 4.98 Å². The van der Waals surface area contributed by atoms with E-state index in [-0.39, 0.29) is 11.3 Å². The molecule has 3 aromatic rings. The Morgan fingerprint density at radius 1 is 0.958 bits per heavy atom. The number of aromatic nitrogens is 1. The molecule has 0 bridgehead atoms. The molecular formula is C19H15F3NO. The third-order valence-corrected chi connectivity index (χ3v) is 3.72. The van der Waals surface area contributed by atoms with Crippen molar-refractivity contribution < 1.29 is 17.9 Å². The number of nitrogens with zero attached hydrogens (tertiary/aromatic N) is 1. The number of rotatable bonds is 3. The third kappa shape index (κ3) is 2.82. The minimum atomic E-state index is -0.994. The molecule has 123 valence electrons. The summed E-state index contributed by atoms with van der Waals surface area (Å²) >= 11 is 0. The van der Waals surface area contributed by atoms with Gasteiger partial charge in [-0.1, -0.05) is 19.9 Å². The van der Waals surface area contributed by atoms with Gasteiger partial charge in [-0.05, 0) is 37.3 Å². The first-order valence-electron chi connectivity index (χ1n) is 7.40. The molecule has 0 aliphatic rings. The fourth-order valence-corrected chi connectivity index (χ4v) is 2.55. The maximum atomic E-state index is 14.0. The van der Waals surface area contributed by atoms with Gasteiger partial charge in [0.15, 0.2) is 11.6 Å². The summed E-state index contributed by atoms with van der Waals surface area (Å²) in [6, 6.07) is 8.60. The molecule has 1 aromatic heterocycles. The highest BCUT2D eigenvalue weighted by Gasteiger charge is 2.17. The molecule has 0 unspecified atom stereocenters. The SMILES string of the molecule is C[C](C)c1c(F)cccc1Oc1cc2ccc(F)c(F)c2nc1C. The molecule has 5 heteroatoms. The van der Waals surface area contributed by atoms with Crippen molar-refractivity contribution in [1.29, 1.82) is 0 Å². The zero-order chi connectivity index (χ0) is 17.4. The van der Waals surface area contributed by atoms with Crippen molar-refractivity contribution in [2.75, 3.05) is 0 Å². The Labute approximate surface area is 137 Å². The highest BCUT2D eigenvalue weighted by Crippen LogP contribution is 2.34. The van der Waals surface area contributed by atoms with Crippen LogP contribution in [0.4, 0.5) is 13.2 Å². The predicted octanol–water partition coefficient (Wildman–Crippen LogP) is 5.72. The summed E-state index contributed by atoms with van der Waals surface area (Å²) in [6.45, 7) is 5.20. The average Bonchev–Trinajstić information content (AvgIpc) is 2.52. The standard InChI is InChI=1S/C19H15F3NO/c1-10(2)17-13(20)5-4-6-15(17)24-16-9-12-7-8-14(21)18(22)19(12)23-11(16)3/h4-9H,1-3H3. The second-order valence-electron chi connectivity index (χ2n) is 5.72. The summed E-state index contributed by atoms with van der Waals surface area (Å²) in [4.78, 5) is 4.09. The predicted molar refractivity (Wildman–Crippen MR) is 86.6 cm³/mol. The molecule has 2 aromatic carbocycles. The van der Waals surface area contributed by atoms with E-state index in [1.54, 1.807) is 39.0 Å². The molecule has 0 saturated carbocycles. The van der Waals surface area contributed by atoms with Crippen molar-refractivity contribution in [3.05, 3.63) is 71.0 Å². The fraction of sp³-hybridized carbons (Fsp3) is 0.158. The van der Waals surface area contributed by atoms with E-state index in [0.29, 0.717) is 28.1 Å². The Morgan fingerprint density at radius 3 is 2.42 bits per heavy atom. The molecular weight excluding hydrogens is 315 g/mol. The number of aryl methyl sites for hydroxylation is 1. The first-order chi connectivity index (χ1) is 11.4. The van der Waals surface area contributed by atoms with Gasteiger partial charge >= 0.3 is 0 Å². The molecule has 0 atom stereocenters. The second-order valence-corrected chi connectivity index (χ2v) is 5.72. The van der Waals surface area contributed by atoms with Crippen LogP contribution in [0.5, 0.6) is 11.5 Å². The molecule has 0 amide bonds. The van der Waals surface area contributed by atoms with Crippen LogP contribution >= 0.6 is 0 Å². The Hall–Kier alpha value is -2.56. The zero-order valence-corrected chi connectivity index (χ0v) is 13.5. The lowest BCUT2D eigenvalue weighted by molar-refractivity contribution is 0.464. The molecule has 0 spiro atoms. The first kappa shape index (κ1) is 16.3. The van der Waals surface area contributed by atoms with Crippen molar-refractivity contribution in [3.63, 3.8) is 0 Å². The van der Waals surface area contributed by atoms with Gasteiger partial charge < -0.3 is 4.74 Å². The number of fused-ring (bicyclic) bond motifs is 1. The van der Waals surface area contributed by atoms with Gasteiger partial charge in [-0.15, -0.1) is 0 Å². The summed E-state index contributed by atoms with van der Waals surface area (Å²) in [6.07, 6.45) is 0. The topological polar surface area (TPSA) is 22.1 Å². The number of ether oxygens (including phenoxy) is 1. The lowest BCUT2D eigenvalue weighted by Crippen LogP contribution is -2.00. The van der Waals surface area contributed by atoms with E-state index in [0.717, 1.165) is 12.0 Å². The zero-order valence-electron chi connectivity index (χ0n) is 13.5. The molecule has 24 heavy (non-hydrogen) atoms. The first-order valence-corrected chi connectivity index (χ1v) is 7.40. The van der Waals surface area contributed by atoms with Crippen LogP contribution in [0, 0.1) is 30.3 Å². The summed E-state index contributed by atoms with van der Waals surface area (Å²) in [5.74, 6) is -0.851. The summed E-state index contributed by atoms with van der Waals surface area (Å²) in [5.41, 5.74) is 0.704. The summed E-state index contributed by atoms with van der Waals surface area (Å²) in [7, 11) is 0. The van der Waals surface area contributed by atoms with Crippen molar-refractivity contribution in [3.8, 4) is 11.5 Å². The normalized spacial score (nSPS) is 11.3. The van der Waals surface area contributed by atoms with Crippen LogP contribution in [-0.2, 0) is 0 Å². The Bertz CT molecular complexity index is 922. The lowest BCUT2D eigenvalue weighted by atomic mass is 10.0. The molecule has 3 rings (SSSR count). The van der Waals surface area contributed by atoms with Gasteiger partial charge in [-0.3, -0.25) is 0 Å². The molecule has 1 radical (unpaired) electrons. The van der Waals surface area contributed by atoms with E-state index < -0.39 is 11.6 Å². The third-order valence-electron chi connectivity index (χ3n) is 3.72. The van der Waals surface area contributed by atoms with E-state index in [4.69, 9.17) is 4.74 Å². The molecule has 0 N–H and O–H groups in total. The molecule has 0 aliphatic heterocycles. The van der Waals surface area contributed by atoms with Crippen LogP contribution in [0.1, 0.15) is 25.1 Å². The smallest absolute Gasteiger partial charge is 0.184 e. The Morgan fingerprint density at radius 2 is 1.71 bits per heavy atom. The minimum Gasteiger partial charge on any atom is -0.455 e. The van der Waals surface area contributed by atoms with Gasteiger partial charge in [0.2, 0.25) is 0 Å². The van der Waals surface area contributed by atoms with Crippen molar-refractivity contribution >= 4 is 10.9 Å². The fourth-order valence-electron chi connectivity index (χ4n) is 2.55. The largest absolute Gasteiger partial charge is 0.455 e. The van der Waals surface area contributed by atoms with Crippen LogP contribution in [0.2, 0.25) is 0 Å². The monoisotopic (exact) mass is 330 g/mol. The van der Waals surface area contributed by atoms with Crippen molar-refractivity contribution in [2.24, 2.45) is 0 Å². The van der Waals surface area contributed by atoms with E-state index >= 15 is 0 Å². The maximum Gasteiger partial charge on any atom is 0.184 e. The molecule has 1 heterocycles. The minimum absolute atomic E-state index is 0.0578. The van der Waals surface area contributed by atoms with Crippen LogP contribution in [0.15, 0.2) is 36.4 Å². The molecule has 2 nitrogen and oxygen atoms in total. The quantitative estimate of drug-likeness (QED) is 0.613. The number of benzene rings is 2. The highest BCUT2D eigenvalue weighted by molar-refractivity contribution is 5.81.